The van der Waals surface area contributed by atoms with Gasteiger partial charge in [-0.3, -0.25) is 4.79 Å². The summed E-state index contributed by atoms with van der Waals surface area (Å²) in [7, 11) is 0. The molecule has 0 amide bonds. The standard InChI is InChI=1S/C6H9FO/c7-5-1-3-6(8)4-2-5/h5H,1-4H2. The van der Waals surface area contributed by atoms with E-state index in [2.05, 4.69) is 0 Å². The molecule has 0 N–H and O–H groups in total. The van der Waals surface area contributed by atoms with E-state index in [1.807, 2.05) is 0 Å². The van der Waals surface area contributed by atoms with Crippen LogP contribution in [0, 0.1) is 0 Å². The minimum atomic E-state index is -0.701. The van der Waals surface area contributed by atoms with Crippen LogP contribution in [0.1, 0.15) is 25.7 Å². The van der Waals surface area contributed by atoms with Gasteiger partial charge in [-0.2, -0.15) is 0 Å². The van der Waals surface area contributed by atoms with Crippen molar-refractivity contribution in [3.63, 3.8) is 0 Å². The summed E-state index contributed by atoms with van der Waals surface area (Å²) < 4.78 is 12.2. The summed E-state index contributed by atoms with van der Waals surface area (Å²) in [5.74, 6) is 0.221. The van der Waals surface area contributed by atoms with Crippen LogP contribution in [0.15, 0.2) is 0 Å². The van der Waals surface area contributed by atoms with Gasteiger partial charge in [-0.05, 0) is 12.8 Å². The zero-order valence-corrected chi connectivity index (χ0v) is 4.69. The molecule has 1 saturated carbocycles. The van der Waals surface area contributed by atoms with Gasteiger partial charge < -0.3 is 0 Å². The van der Waals surface area contributed by atoms with Gasteiger partial charge in [-0.25, -0.2) is 4.39 Å². The van der Waals surface area contributed by atoms with E-state index in [1.54, 1.807) is 0 Å². The molecule has 1 aliphatic rings. The molecule has 0 atom stereocenters. The average Bonchev–Trinajstić information content (AvgIpc) is 1.77. The molecule has 1 rings (SSSR count). The summed E-state index contributed by atoms with van der Waals surface area (Å²) >= 11 is 0. The molecule has 2 heteroatoms. The molecule has 0 saturated heterocycles. The molecule has 0 radical (unpaired) electrons. The van der Waals surface area contributed by atoms with E-state index in [4.69, 9.17) is 0 Å². The van der Waals surface area contributed by atoms with Crippen molar-refractivity contribution in [3.05, 3.63) is 0 Å². The first-order valence-corrected chi connectivity index (χ1v) is 2.95. The number of halogens is 1. The van der Waals surface area contributed by atoms with Gasteiger partial charge in [0, 0.05) is 12.8 Å². The van der Waals surface area contributed by atoms with Gasteiger partial charge in [0.25, 0.3) is 0 Å². The Hall–Kier alpha value is -0.400. The van der Waals surface area contributed by atoms with Gasteiger partial charge in [0.1, 0.15) is 12.0 Å². The molecule has 1 nitrogen and oxygen atoms in total. The number of hydrogen-bond acceptors (Lipinski definition) is 1. The average molecular weight is 116 g/mol. The third-order valence-corrected chi connectivity index (χ3v) is 1.47. The molecule has 46 valence electrons. The Bertz CT molecular complexity index is 90.7. The summed E-state index contributed by atoms with van der Waals surface area (Å²) in [6.45, 7) is 0. The van der Waals surface area contributed by atoms with Crippen molar-refractivity contribution in [2.24, 2.45) is 0 Å². The second-order valence-electron chi connectivity index (χ2n) is 2.21. The van der Waals surface area contributed by atoms with Crippen molar-refractivity contribution in [3.8, 4) is 0 Å². The van der Waals surface area contributed by atoms with Crippen molar-refractivity contribution in [1.29, 1.82) is 0 Å². The van der Waals surface area contributed by atoms with E-state index in [0.29, 0.717) is 25.7 Å². The highest BCUT2D eigenvalue weighted by Crippen LogP contribution is 2.16. The first-order valence-electron chi connectivity index (χ1n) is 2.95. The van der Waals surface area contributed by atoms with Gasteiger partial charge in [-0.15, -0.1) is 0 Å². The maximum Gasteiger partial charge on any atom is 0.133 e. The number of hydrogen-bond donors (Lipinski definition) is 0. The van der Waals surface area contributed by atoms with Gasteiger partial charge in [0.2, 0.25) is 0 Å². The van der Waals surface area contributed by atoms with Crippen molar-refractivity contribution < 1.29 is 9.18 Å². The smallest absolute Gasteiger partial charge is 0.133 e. The lowest BCUT2D eigenvalue weighted by Gasteiger charge is -2.11. The summed E-state index contributed by atoms with van der Waals surface area (Å²) in [4.78, 5) is 10.4. The van der Waals surface area contributed by atoms with Crippen LogP contribution in [0.25, 0.3) is 0 Å². The SMILES string of the molecule is O=C1CCC(F)CC1. The number of rotatable bonds is 0. The van der Waals surface area contributed by atoms with E-state index < -0.39 is 6.17 Å². The largest absolute Gasteiger partial charge is 0.300 e. The van der Waals surface area contributed by atoms with Crippen LogP contribution in [-0.2, 0) is 4.79 Å². The Balaban J connectivity index is 2.29. The van der Waals surface area contributed by atoms with Crippen molar-refractivity contribution in [2.75, 3.05) is 0 Å². The third kappa shape index (κ3) is 1.29. The minimum absolute atomic E-state index is 0.221. The summed E-state index contributed by atoms with van der Waals surface area (Å²) in [6.07, 6.45) is 1.13. The lowest BCUT2D eigenvalue weighted by Crippen LogP contribution is -2.13. The molecule has 0 aromatic carbocycles. The number of carbonyl (C=O) groups excluding carboxylic acids is 1. The van der Waals surface area contributed by atoms with E-state index in [1.165, 1.54) is 0 Å². The van der Waals surface area contributed by atoms with Crippen LogP contribution < -0.4 is 0 Å². The maximum atomic E-state index is 12.2. The first-order chi connectivity index (χ1) is 3.79. The Morgan fingerprint density at radius 3 is 2.25 bits per heavy atom. The maximum absolute atomic E-state index is 12.2. The highest BCUT2D eigenvalue weighted by Gasteiger charge is 2.16. The topological polar surface area (TPSA) is 17.1 Å². The molecule has 0 aromatic heterocycles. The monoisotopic (exact) mass is 116 g/mol. The van der Waals surface area contributed by atoms with E-state index in [0.717, 1.165) is 0 Å². The molecular formula is C6H9FO. The zero-order chi connectivity index (χ0) is 5.98. The predicted octanol–water partition coefficient (Wildman–Crippen LogP) is 1.47. The Kier molecular flexibility index (Phi) is 1.61. The quantitative estimate of drug-likeness (QED) is 0.468. The fraction of sp³-hybridized carbons (Fsp3) is 0.833. The van der Waals surface area contributed by atoms with Gasteiger partial charge >= 0.3 is 0 Å². The molecule has 1 aliphatic carbocycles. The third-order valence-electron chi connectivity index (χ3n) is 1.47. The van der Waals surface area contributed by atoms with E-state index >= 15 is 0 Å². The molecule has 0 bridgehead atoms. The number of carbonyl (C=O) groups is 1. The number of alkyl halides is 1. The molecule has 0 unspecified atom stereocenters. The van der Waals surface area contributed by atoms with Crippen molar-refractivity contribution in [1.82, 2.24) is 0 Å². The van der Waals surface area contributed by atoms with Crippen LogP contribution in [0.5, 0.6) is 0 Å². The van der Waals surface area contributed by atoms with Gasteiger partial charge in [-0.1, -0.05) is 0 Å². The molecule has 1 fully saturated rings. The van der Waals surface area contributed by atoms with Crippen molar-refractivity contribution in [2.45, 2.75) is 31.9 Å². The van der Waals surface area contributed by atoms with Crippen molar-refractivity contribution >= 4 is 5.78 Å². The van der Waals surface area contributed by atoms with Crippen LogP contribution >= 0.6 is 0 Å². The lowest BCUT2D eigenvalue weighted by atomic mass is 9.98. The second-order valence-corrected chi connectivity index (χ2v) is 2.21. The molecular weight excluding hydrogens is 107 g/mol. The molecule has 8 heavy (non-hydrogen) atoms. The predicted molar refractivity (Wildman–Crippen MR) is 28.4 cm³/mol. The lowest BCUT2D eigenvalue weighted by molar-refractivity contribution is -0.121. The van der Waals surface area contributed by atoms with Gasteiger partial charge in [0.15, 0.2) is 0 Å². The first kappa shape index (κ1) is 5.73. The highest BCUT2D eigenvalue weighted by atomic mass is 19.1. The zero-order valence-electron chi connectivity index (χ0n) is 4.69. The summed E-state index contributed by atoms with van der Waals surface area (Å²) in [6, 6.07) is 0. The molecule has 0 aromatic rings. The number of ketones is 1. The molecule has 0 heterocycles. The normalized spacial score (nSPS) is 23.9. The van der Waals surface area contributed by atoms with Crippen LogP contribution in [0.3, 0.4) is 0 Å². The molecule has 0 spiro atoms. The fourth-order valence-corrected chi connectivity index (χ4v) is 0.905. The Morgan fingerprint density at radius 2 is 1.88 bits per heavy atom. The summed E-state index contributed by atoms with van der Waals surface area (Å²) in [5.41, 5.74) is 0. The van der Waals surface area contributed by atoms with E-state index in [9.17, 15) is 9.18 Å². The number of Topliss-reactive ketones (excluding diaryl/α,β-unsaturated/α-hetero) is 1. The Labute approximate surface area is 47.9 Å². The fourth-order valence-electron chi connectivity index (χ4n) is 0.905. The minimum Gasteiger partial charge on any atom is -0.300 e. The van der Waals surface area contributed by atoms with E-state index in [-0.39, 0.29) is 5.78 Å². The molecule has 0 aliphatic heterocycles. The summed E-state index contributed by atoms with van der Waals surface area (Å²) in [5, 5.41) is 0. The van der Waals surface area contributed by atoms with Crippen LogP contribution in [-0.4, -0.2) is 12.0 Å². The van der Waals surface area contributed by atoms with Crippen LogP contribution in [0.2, 0.25) is 0 Å². The second kappa shape index (κ2) is 2.25. The van der Waals surface area contributed by atoms with Crippen LogP contribution in [0.4, 0.5) is 4.39 Å². The van der Waals surface area contributed by atoms with Gasteiger partial charge in [0.05, 0.1) is 0 Å². The Morgan fingerprint density at radius 1 is 1.38 bits per heavy atom. The highest BCUT2D eigenvalue weighted by molar-refractivity contribution is 5.79.